The third-order valence-corrected chi connectivity index (χ3v) is 3.98. The number of carbonyl (C=O) groups is 2. The Kier molecular flexibility index (Phi) is 10.9. The summed E-state index contributed by atoms with van der Waals surface area (Å²) in [7, 11) is 0. The highest BCUT2D eigenvalue weighted by molar-refractivity contribution is 5.98. The van der Waals surface area contributed by atoms with Crippen LogP contribution in [0.2, 0.25) is 0 Å². The summed E-state index contributed by atoms with van der Waals surface area (Å²) in [5.74, 6) is -0.468. The lowest BCUT2D eigenvalue weighted by Crippen LogP contribution is -2.37. The molecule has 2 aromatic rings. The second-order valence-electron chi connectivity index (χ2n) is 6.17. The van der Waals surface area contributed by atoms with Gasteiger partial charge in [0.15, 0.2) is 0 Å². The molecule has 1 atom stereocenters. The van der Waals surface area contributed by atoms with E-state index in [1.165, 1.54) is 0 Å². The van der Waals surface area contributed by atoms with Crippen LogP contribution in [0, 0.1) is 0 Å². The number of ether oxygens (including phenoxy) is 1. The molecule has 0 saturated carbocycles. The van der Waals surface area contributed by atoms with Crippen molar-refractivity contribution in [1.82, 2.24) is 5.32 Å². The number of hydrogen-bond acceptors (Lipinski definition) is 4. The summed E-state index contributed by atoms with van der Waals surface area (Å²) < 4.78 is 5.24. The van der Waals surface area contributed by atoms with Crippen molar-refractivity contribution in [2.24, 2.45) is 5.73 Å². The lowest BCUT2D eigenvalue weighted by Gasteiger charge is -2.13. The van der Waals surface area contributed by atoms with E-state index in [2.05, 4.69) is 10.6 Å². The van der Waals surface area contributed by atoms with Crippen molar-refractivity contribution in [1.29, 1.82) is 0 Å². The van der Waals surface area contributed by atoms with Gasteiger partial charge in [-0.15, -0.1) is 12.4 Å². The number of nitrogens with two attached hydrogens (primary N) is 1. The second kappa shape index (κ2) is 12.9. The maximum Gasteiger partial charge on any atom is 0.251 e. The molecule has 0 spiro atoms. The molecule has 0 aliphatic heterocycles. The lowest BCUT2D eigenvalue weighted by atomic mass is 10.1. The average molecular weight is 406 g/mol. The summed E-state index contributed by atoms with van der Waals surface area (Å²) >= 11 is 0. The van der Waals surface area contributed by atoms with Crippen LogP contribution < -0.4 is 16.4 Å². The van der Waals surface area contributed by atoms with Crippen molar-refractivity contribution in [2.75, 3.05) is 25.1 Å². The van der Waals surface area contributed by atoms with Crippen LogP contribution in [0.1, 0.15) is 29.3 Å². The molecule has 0 aliphatic carbocycles. The number of amides is 2. The van der Waals surface area contributed by atoms with Crippen LogP contribution in [0.4, 0.5) is 5.69 Å². The van der Waals surface area contributed by atoms with Crippen LogP contribution in [0.15, 0.2) is 54.6 Å². The molecule has 0 aliphatic rings. The van der Waals surface area contributed by atoms with Gasteiger partial charge in [-0.2, -0.15) is 0 Å². The van der Waals surface area contributed by atoms with Gasteiger partial charge in [-0.05, 0) is 43.5 Å². The van der Waals surface area contributed by atoms with Crippen molar-refractivity contribution < 1.29 is 14.3 Å². The van der Waals surface area contributed by atoms with E-state index >= 15 is 0 Å². The van der Waals surface area contributed by atoms with Gasteiger partial charge in [0.2, 0.25) is 5.91 Å². The molecule has 7 heteroatoms. The van der Waals surface area contributed by atoms with Gasteiger partial charge in [-0.3, -0.25) is 9.59 Å². The van der Waals surface area contributed by atoms with Gasteiger partial charge in [0.1, 0.15) is 0 Å². The minimum Gasteiger partial charge on any atom is -0.382 e. The first-order valence-corrected chi connectivity index (χ1v) is 9.16. The molecular formula is C21H28ClN3O3. The highest BCUT2D eigenvalue weighted by Crippen LogP contribution is 2.12. The van der Waals surface area contributed by atoms with E-state index in [0.717, 1.165) is 12.0 Å². The molecule has 0 radical (unpaired) electrons. The van der Waals surface area contributed by atoms with Crippen LogP contribution in [-0.4, -0.2) is 37.6 Å². The normalized spacial score (nSPS) is 11.2. The van der Waals surface area contributed by atoms with Gasteiger partial charge >= 0.3 is 0 Å². The predicted molar refractivity (Wildman–Crippen MR) is 114 cm³/mol. The van der Waals surface area contributed by atoms with E-state index in [1.54, 1.807) is 24.3 Å². The fourth-order valence-electron chi connectivity index (χ4n) is 2.56. The maximum atomic E-state index is 12.3. The van der Waals surface area contributed by atoms with Crippen molar-refractivity contribution in [2.45, 2.75) is 25.8 Å². The summed E-state index contributed by atoms with van der Waals surface area (Å²) in [4.78, 5) is 24.5. The Bertz CT molecular complexity index is 741. The highest BCUT2D eigenvalue weighted by Gasteiger charge is 2.15. The summed E-state index contributed by atoms with van der Waals surface area (Å²) in [5.41, 5.74) is 8.03. The maximum absolute atomic E-state index is 12.3. The van der Waals surface area contributed by atoms with Crippen LogP contribution in [0.3, 0.4) is 0 Å². The van der Waals surface area contributed by atoms with Crippen LogP contribution in [0.25, 0.3) is 0 Å². The quantitative estimate of drug-likeness (QED) is 0.530. The molecule has 2 rings (SSSR count). The van der Waals surface area contributed by atoms with E-state index in [4.69, 9.17) is 10.5 Å². The zero-order valence-corrected chi connectivity index (χ0v) is 16.8. The van der Waals surface area contributed by atoms with Crippen molar-refractivity contribution >= 4 is 29.9 Å². The Balaban J connectivity index is 0.00000392. The summed E-state index contributed by atoms with van der Waals surface area (Å²) in [6, 6.07) is 15.8. The van der Waals surface area contributed by atoms with E-state index in [0.29, 0.717) is 37.4 Å². The number of carbonyl (C=O) groups excluding carboxylic acids is 2. The minimum absolute atomic E-state index is 0. The van der Waals surface area contributed by atoms with Gasteiger partial charge in [0.05, 0.1) is 6.04 Å². The number of benzene rings is 2. The topological polar surface area (TPSA) is 93.5 Å². The van der Waals surface area contributed by atoms with E-state index in [-0.39, 0.29) is 24.2 Å². The van der Waals surface area contributed by atoms with Crippen molar-refractivity contribution in [3.63, 3.8) is 0 Å². The first-order valence-electron chi connectivity index (χ1n) is 9.16. The number of hydrogen-bond donors (Lipinski definition) is 3. The molecule has 0 unspecified atom stereocenters. The number of halogens is 1. The molecule has 0 bridgehead atoms. The van der Waals surface area contributed by atoms with Crippen molar-refractivity contribution in [3.05, 3.63) is 65.7 Å². The number of nitrogens with one attached hydrogen (secondary N) is 2. The third-order valence-electron chi connectivity index (χ3n) is 3.98. The molecular weight excluding hydrogens is 378 g/mol. The lowest BCUT2D eigenvalue weighted by molar-refractivity contribution is -0.117. The van der Waals surface area contributed by atoms with Gasteiger partial charge in [-0.25, -0.2) is 0 Å². The minimum atomic E-state index is -0.663. The van der Waals surface area contributed by atoms with Crippen molar-refractivity contribution in [3.8, 4) is 0 Å². The molecule has 0 fully saturated rings. The van der Waals surface area contributed by atoms with Crippen LogP contribution >= 0.6 is 12.4 Å². The predicted octanol–water partition coefficient (Wildman–Crippen LogP) is 2.77. The van der Waals surface area contributed by atoms with Gasteiger partial charge < -0.3 is 21.1 Å². The molecule has 2 aromatic carbocycles. The molecule has 6 nitrogen and oxygen atoms in total. The van der Waals surface area contributed by atoms with Gasteiger partial charge in [0, 0.05) is 31.0 Å². The van der Waals surface area contributed by atoms with Crippen LogP contribution in [0.5, 0.6) is 0 Å². The fourth-order valence-corrected chi connectivity index (χ4v) is 2.56. The molecule has 0 heterocycles. The zero-order chi connectivity index (χ0) is 19.5. The first kappa shape index (κ1) is 23.6. The SMILES string of the molecule is CCOCCCNC(=O)c1cccc(NC(=O)[C@@H](N)Cc2ccccc2)c1.Cl. The molecule has 0 aromatic heterocycles. The zero-order valence-electron chi connectivity index (χ0n) is 16.0. The Hall–Kier alpha value is -2.41. The molecule has 152 valence electrons. The molecule has 28 heavy (non-hydrogen) atoms. The number of rotatable bonds is 10. The smallest absolute Gasteiger partial charge is 0.251 e. The van der Waals surface area contributed by atoms with Gasteiger partial charge in [0.25, 0.3) is 5.91 Å². The monoisotopic (exact) mass is 405 g/mol. The molecule has 4 N–H and O–H groups in total. The summed E-state index contributed by atoms with van der Waals surface area (Å²) in [5, 5.41) is 5.61. The molecule has 0 saturated heterocycles. The van der Waals surface area contributed by atoms with Crippen LogP contribution in [-0.2, 0) is 16.0 Å². The van der Waals surface area contributed by atoms with Gasteiger partial charge in [-0.1, -0.05) is 36.4 Å². The first-order chi connectivity index (χ1) is 13.1. The summed E-state index contributed by atoms with van der Waals surface area (Å²) in [6.07, 6.45) is 1.21. The van der Waals surface area contributed by atoms with E-state index in [1.807, 2.05) is 37.3 Å². The Labute approximate surface area is 172 Å². The summed E-state index contributed by atoms with van der Waals surface area (Å²) in [6.45, 7) is 3.76. The Morgan fingerprint density at radius 2 is 1.86 bits per heavy atom. The highest BCUT2D eigenvalue weighted by atomic mass is 35.5. The second-order valence-corrected chi connectivity index (χ2v) is 6.17. The Morgan fingerprint density at radius 3 is 2.57 bits per heavy atom. The molecule has 2 amide bonds. The van der Waals surface area contributed by atoms with E-state index in [9.17, 15) is 9.59 Å². The third kappa shape index (κ3) is 8.08. The standard InChI is InChI=1S/C21H27N3O3.ClH/c1-2-27-13-7-12-23-20(25)17-10-6-11-18(15-17)24-21(26)19(22)14-16-8-4-3-5-9-16;/h3-6,8-11,15,19H,2,7,12-14,22H2,1H3,(H,23,25)(H,24,26);1H/t19-;/m0./s1. The fraction of sp³-hybridized carbons (Fsp3) is 0.333. The number of anilines is 1. The van der Waals surface area contributed by atoms with E-state index < -0.39 is 6.04 Å². The largest absolute Gasteiger partial charge is 0.382 e. The Morgan fingerprint density at radius 1 is 1.11 bits per heavy atom. The average Bonchev–Trinajstić information content (AvgIpc) is 2.68.